The maximum atomic E-state index is 3.52. The highest BCUT2D eigenvalue weighted by Gasteiger charge is 2.09. The van der Waals surface area contributed by atoms with Crippen LogP contribution in [-0.4, -0.2) is 0 Å². The Morgan fingerprint density at radius 2 is 0.881 bits per heavy atom. The maximum Gasteiger partial charge on any atom is 0.0384 e. The highest BCUT2D eigenvalue weighted by molar-refractivity contribution is 5.92. The average Bonchev–Trinajstić information content (AvgIpc) is 3.04. The summed E-state index contributed by atoms with van der Waals surface area (Å²) >= 11 is 0. The monoisotopic (exact) mass is 549 g/mol. The Hall–Kier alpha value is -4.10. The topological polar surface area (TPSA) is 12.0 Å². The van der Waals surface area contributed by atoms with Crippen LogP contribution in [0.25, 0.3) is 23.8 Å². The molecule has 212 valence electrons. The maximum absolute atomic E-state index is 3.52. The molecule has 0 aliphatic heterocycles. The Bertz CT molecular complexity index is 1460. The predicted molar refractivity (Wildman–Crippen MR) is 183 cm³/mol. The Morgan fingerprint density at radius 3 is 1.33 bits per heavy atom. The Balaban J connectivity index is 1.28. The van der Waals surface area contributed by atoms with E-state index in [1.807, 2.05) is 0 Å². The number of rotatable bonds is 7. The van der Waals surface area contributed by atoms with Crippen molar-refractivity contribution in [2.24, 2.45) is 0 Å². The number of anilines is 2. The van der Waals surface area contributed by atoms with E-state index in [2.05, 4.69) is 128 Å². The van der Waals surface area contributed by atoms with Crippen molar-refractivity contribution in [2.45, 2.75) is 71.1 Å². The lowest BCUT2D eigenvalue weighted by Gasteiger charge is -2.15. The van der Waals surface area contributed by atoms with Crippen LogP contribution in [0, 0.1) is 6.92 Å². The fourth-order valence-corrected chi connectivity index (χ4v) is 6.26. The van der Waals surface area contributed by atoms with Crippen LogP contribution in [0.1, 0.15) is 97.6 Å². The summed E-state index contributed by atoms with van der Waals surface area (Å²) < 4.78 is 0. The lowest BCUT2D eigenvalue weighted by molar-refractivity contribution is 0.602. The molecule has 1 heteroatoms. The summed E-state index contributed by atoms with van der Waals surface area (Å²) in [6.07, 6.45) is 20.3. The third-order valence-corrected chi connectivity index (χ3v) is 8.74. The summed E-state index contributed by atoms with van der Waals surface area (Å²) in [5.41, 5.74) is 14.3. The zero-order valence-corrected chi connectivity index (χ0v) is 25.0. The molecule has 0 radical (unpaired) electrons. The number of benzene rings is 4. The van der Waals surface area contributed by atoms with Crippen LogP contribution in [0.4, 0.5) is 11.4 Å². The van der Waals surface area contributed by atoms with E-state index in [1.165, 1.54) is 103 Å². The van der Waals surface area contributed by atoms with Gasteiger partial charge in [0, 0.05) is 11.4 Å². The summed E-state index contributed by atoms with van der Waals surface area (Å²) in [6.45, 7) is 2.12. The van der Waals surface area contributed by atoms with E-state index in [1.54, 1.807) is 11.1 Å². The molecule has 2 aliphatic carbocycles. The number of hydrogen-bond acceptors (Lipinski definition) is 1. The molecule has 2 fully saturated rings. The van der Waals surface area contributed by atoms with Gasteiger partial charge in [-0.2, -0.15) is 0 Å². The highest BCUT2D eigenvalue weighted by atomic mass is 14.9. The van der Waals surface area contributed by atoms with E-state index in [0.717, 1.165) is 11.4 Å². The first-order chi connectivity index (χ1) is 20.7. The number of hydrogen-bond donors (Lipinski definition) is 1. The number of allylic oxidation sites excluding steroid dienone is 2. The summed E-state index contributed by atoms with van der Waals surface area (Å²) in [4.78, 5) is 0. The molecule has 1 N–H and O–H groups in total. The van der Waals surface area contributed by atoms with Gasteiger partial charge in [0.1, 0.15) is 0 Å². The van der Waals surface area contributed by atoms with Crippen molar-refractivity contribution >= 4 is 35.2 Å². The molecule has 1 nitrogen and oxygen atoms in total. The fraction of sp³-hybridized carbons (Fsp3) is 0.268. The second-order valence-corrected chi connectivity index (χ2v) is 12.1. The zero-order valence-electron chi connectivity index (χ0n) is 25.0. The summed E-state index contributed by atoms with van der Waals surface area (Å²) in [5.74, 6) is 0. The van der Waals surface area contributed by atoms with Gasteiger partial charge in [-0.25, -0.2) is 0 Å². The molecule has 0 saturated heterocycles. The Labute approximate surface area is 252 Å². The smallest absolute Gasteiger partial charge is 0.0384 e. The van der Waals surface area contributed by atoms with Crippen LogP contribution >= 0.6 is 0 Å². The van der Waals surface area contributed by atoms with Gasteiger partial charge in [-0.1, -0.05) is 114 Å². The first-order valence-corrected chi connectivity index (χ1v) is 15.9. The fourth-order valence-electron chi connectivity index (χ4n) is 6.26. The van der Waals surface area contributed by atoms with Crippen molar-refractivity contribution in [1.29, 1.82) is 0 Å². The molecule has 2 aliphatic rings. The Kier molecular flexibility index (Phi) is 9.15. The van der Waals surface area contributed by atoms with Crippen LogP contribution < -0.4 is 5.32 Å². The molecule has 0 atom stereocenters. The SMILES string of the molecule is Cc1ccc(Nc2ccc(C=C(c3ccc(C=C4CCCCC4)cc3)c3ccc(C=C4CCCCC4)cc3)cc2)cc1. The summed E-state index contributed by atoms with van der Waals surface area (Å²) in [7, 11) is 0. The molecule has 0 amide bonds. The minimum absolute atomic E-state index is 1.10. The van der Waals surface area contributed by atoms with E-state index < -0.39 is 0 Å². The van der Waals surface area contributed by atoms with Crippen molar-refractivity contribution in [3.05, 3.63) is 142 Å². The van der Waals surface area contributed by atoms with Gasteiger partial charge in [-0.3, -0.25) is 0 Å². The second-order valence-electron chi connectivity index (χ2n) is 12.1. The van der Waals surface area contributed by atoms with E-state index in [9.17, 15) is 0 Å². The molecule has 42 heavy (non-hydrogen) atoms. The second kappa shape index (κ2) is 13.7. The molecule has 4 aromatic rings. The molecule has 0 unspecified atom stereocenters. The van der Waals surface area contributed by atoms with E-state index >= 15 is 0 Å². The standard InChI is InChI=1S/C41H43N/c1-31-12-24-39(25-13-31)42-40-26-18-36(19-27-40)30-41(37-20-14-34(15-21-37)28-32-8-4-2-5-9-32)38-22-16-35(17-23-38)29-33-10-6-3-7-11-33/h12-30,42H,2-11H2,1H3. The normalized spacial score (nSPS) is 15.2. The van der Waals surface area contributed by atoms with Gasteiger partial charge in [0.05, 0.1) is 0 Å². The molecule has 0 aromatic heterocycles. The summed E-state index contributed by atoms with van der Waals surface area (Å²) in [6, 6.07) is 35.7. The van der Waals surface area contributed by atoms with Crippen molar-refractivity contribution in [1.82, 2.24) is 0 Å². The molecule has 0 spiro atoms. The molecule has 0 bridgehead atoms. The van der Waals surface area contributed by atoms with Crippen molar-refractivity contribution in [3.8, 4) is 0 Å². The minimum Gasteiger partial charge on any atom is -0.356 e. The quantitative estimate of drug-likeness (QED) is 0.226. The van der Waals surface area contributed by atoms with E-state index in [-0.39, 0.29) is 0 Å². The third kappa shape index (κ3) is 7.59. The lowest BCUT2D eigenvalue weighted by Crippen LogP contribution is -1.94. The van der Waals surface area contributed by atoms with Crippen molar-refractivity contribution in [3.63, 3.8) is 0 Å². The van der Waals surface area contributed by atoms with Crippen LogP contribution in [0.15, 0.2) is 108 Å². The van der Waals surface area contributed by atoms with E-state index in [0.29, 0.717) is 0 Å². The first-order valence-electron chi connectivity index (χ1n) is 15.9. The molecule has 2 saturated carbocycles. The lowest BCUT2D eigenvalue weighted by atomic mass is 9.91. The molecule has 0 heterocycles. The number of aryl methyl sites for hydroxylation is 1. The molecule has 6 rings (SSSR count). The highest BCUT2D eigenvalue weighted by Crippen LogP contribution is 2.31. The van der Waals surface area contributed by atoms with E-state index in [4.69, 9.17) is 0 Å². The van der Waals surface area contributed by atoms with Crippen LogP contribution in [0.5, 0.6) is 0 Å². The van der Waals surface area contributed by atoms with Crippen molar-refractivity contribution in [2.75, 3.05) is 5.32 Å². The van der Waals surface area contributed by atoms with Gasteiger partial charge in [-0.05, 0) is 122 Å². The Morgan fingerprint density at radius 1 is 0.476 bits per heavy atom. The van der Waals surface area contributed by atoms with Gasteiger partial charge in [0.15, 0.2) is 0 Å². The van der Waals surface area contributed by atoms with Crippen LogP contribution in [0.2, 0.25) is 0 Å². The van der Waals surface area contributed by atoms with Gasteiger partial charge in [0.2, 0.25) is 0 Å². The van der Waals surface area contributed by atoms with Gasteiger partial charge >= 0.3 is 0 Å². The van der Waals surface area contributed by atoms with Crippen LogP contribution in [0.3, 0.4) is 0 Å². The molecular weight excluding hydrogens is 506 g/mol. The predicted octanol–water partition coefficient (Wildman–Crippen LogP) is 12.0. The van der Waals surface area contributed by atoms with Crippen molar-refractivity contribution < 1.29 is 0 Å². The first kappa shape index (κ1) is 28.0. The average molecular weight is 550 g/mol. The third-order valence-electron chi connectivity index (χ3n) is 8.74. The largest absolute Gasteiger partial charge is 0.356 e. The molecular formula is C41H43N. The van der Waals surface area contributed by atoms with Gasteiger partial charge in [0.25, 0.3) is 0 Å². The summed E-state index contributed by atoms with van der Waals surface area (Å²) in [5, 5.41) is 3.52. The molecule has 4 aromatic carbocycles. The zero-order chi connectivity index (χ0) is 28.6. The van der Waals surface area contributed by atoms with Crippen LogP contribution in [-0.2, 0) is 0 Å². The minimum atomic E-state index is 1.10. The number of nitrogens with one attached hydrogen (secondary N) is 1. The van der Waals surface area contributed by atoms with Gasteiger partial charge < -0.3 is 5.32 Å². The van der Waals surface area contributed by atoms with Gasteiger partial charge in [-0.15, -0.1) is 0 Å².